The zero-order chi connectivity index (χ0) is 14.2. The quantitative estimate of drug-likeness (QED) is 0.831. The van der Waals surface area contributed by atoms with Crippen molar-refractivity contribution in [3.05, 3.63) is 23.9 Å². The van der Waals surface area contributed by atoms with Gasteiger partial charge in [0.1, 0.15) is 11.5 Å². The molecule has 1 aromatic rings. The lowest BCUT2D eigenvalue weighted by molar-refractivity contribution is 0.0941. The molecule has 0 saturated carbocycles. The van der Waals surface area contributed by atoms with Crippen LogP contribution in [0, 0.1) is 0 Å². The van der Waals surface area contributed by atoms with Crippen LogP contribution in [0.25, 0.3) is 0 Å². The highest BCUT2D eigenvalue weighted by atomic mass is 16.1. The molecular weight excluding hydrogens is 252 g/mol. The first-order valence-electron chi connectivity index (χ1n) is 7.51. The molecular formula is C15H24N4O. The minimum absolute atomic E-state index is 0.0956. The van der Waals surface area contributed by atoms with Gasteiger partial charge in [-0.05, 0) is 45.0 Å². The molecule has 0 unspecified atom stereocenters. The summed E-state index contributed by atoms with van der Waals surface area (Å²) in [7, 11) is 0. The van der Waals surface area contributed by atoms with Gasteiger partial charge < -0.3 is 15.5 Å². The minimum atomic E-state index is -0.0956. The predicted octanol–water partition coefficient (Wildman–Crippen LogP) is 1.73. The van der Waals surface area contributed by atoms with Crippen molar-refractivity contribution in [1.29, 1.82) is 0 Å². The maximum Gasteiger partial charge on any atom is 0.270 e. The lowest BCUT2D eigenvalue weighted by Gasteiger charge is -2.26. The van der Waals surface area contributed by atoms with E-state index in [1.165, 1.54) is 19.3 Å². The number of nitrogens with zero attached hydrogens (tertiary/aromatic N) is 2. The third-order valence-electron chi connectivity index (χ3n) is 3.50. The molecule has 1 saturated heterocycles. The van der Waals surface area contributed by atoms with Crippen molar-refractivity contribution >= 4 is 11.7 Å². The van der Waals surface area contributed by atoms with Crippen LogP contribution in [0.3, 0.4) is 0 Å². The molecule has 2 N–H and O–H groups in total. The summed E-state index contributed by atoms with van der Waals surface area (Å²) in [5.74, 6) is 0.651. The van der Waals surface area contributed by atoms with E-state index in [1.807, 2.05) is 19.1 Å². The summed E-state index contributed by atoms with van der Waals surface area (Å²) >= 11 is 0. The molecule has 5 heteroatoms. The summed E-state index contributed by atoms with van der Waals surface area (Å²) < 4.78 is 0. The van der Waals surface area contributed by atoms with Crippen LogP contribution in [0.2, 0.25) is 0 Å². The first kappa shape index (κ1) is 14.8. The fourth-order valence-electron chi connectivity index (χ4n) is 2.44. The normalized spacial score (nSPS) is 15.8. The molecule has 1 fully saturated rings. The van der Waals surface area contributed by atoms with E-state index >= 15 is 0 Å². The highest BCUT2D eigenvalue weighted by Gasteiger charge is 2.11. The van der Waals surface area contributed by atoms with Crippen molar-refractivity contribution < 1.29 is 4.79 Å². The van der Waals surface area contributed by atoms with Gasteiger partial charge in [0.2, 0.25) is 0 Å². The van der Waals surface area contributed by atoms with Crippen LogP contribution in [0.5, 0.6) is 0 Å². The van der Waals surface area contributed by atoms with Crippen LogP contribution in [0.15, 0.2) is 18.2 Å². The SMILES string of the molecule is CCNc1cccc(C(=O)NCCN2CCCCC2)n1. The van der Waals surface area contributed by atoms with E-state index in [9.17, 15) is 4.79 Å². The minimum Gasteiger partial charge on any atom is -0.370 e. The summed E-state index contributed by atoms with van der Waals surface area (Å²) in [4.78, 5) is 18.7. The van der Waals surface area contributed by atoms with Gasteiger partial charge in [0.05, 0.1) is 0 Å². The Bertz CT molecular complexity index is 430. The van der Waals surface area contributed by atoms with Gasteiger partial charge in [0.25, 0.3) is 5.91 Å². The topological polar surface area (TPSA) is 57.3 Å². The van der Waals surface area contributed by atoms with Crippen LogP contribution >= 0.6 is 0 Å². The summed E-state index contributed by atoms with van der Waals surface area (Å²) in [6, 6.07) is 5.47. The van der Waals surface area contributed by atoms with Crippen LogP contribution in [-0.2, 0) is 0 Å². The second-order valence-electron chi connectivity index (χ2n) is 5.10. The Labute approximate surface area is 120 Å². The maximum absolute atomic E-state index is 12.0. The summed E-state index contributed by atoms with van der Waals surface area (Å²) in [6.45, 7) is 6.73. The highest BCUT2D eigenvalue weighted by Crippen LogP contribution is 2.07. The van der Waals surface area contributed by atoms with Gasteiger partial charge in [-0.15, -0.1) is 0 Å². The van der Waals surface area contributed by atoms with Crippen molar-refractivity contribution in [2.24, 2.45) is 0 Å². The molecule has 5 nitrogen and oxygen atoms in total. The predicted molar refractivity (Wildman–Crippen MR) is 81.0 cm³/mol. The van der Waals surface area contributed by atoms with E-state index in [1.54, 1.807) is 6.07 Å². The third kappa shape index (κ3) is 4.49. The van der Waals surface area contributed by atoms with Crippen molar-refractivity contribution in [3.8, 4) is 0 Å². The fourth-order valence-corrected chi connectivity index (χ4v) is 2.44. The number of rotatable bonds is 6. The Morgan fingerprint density at radius 3 is 2.85 bits per heavy atom. The lowest BCUT2D eigenvalue weighted by atomic mass is 10.1. The number of pyridine rings is 1. The van der Waals surface area contributed by atoms with Crippen molar-refractivity contribution in [2.45, 2.75) is 26.2 Å². The van der Waals surface area contributed by atoms with Crippen LogP contribution < -0.4 is 10.6 Å². The second kappa shape index (κ2) is 7.85. The number of hydrogen-bond donors (Lipinski definition) is 2. The number of aromatic nitrogens is 1. The molecule has 0 spiro atoms. The number of likely N-dealkylation sites (tertiary alicyclic amines) is 1. The Morgan fingerprint density at radius 2 is 2.10 bits per heavy atom. The fraction of sp³-hybridized carbons (Fsp3) is 0.600. The molecule has 2 heterocycles. The van der Waals surface area contributed by atoms with E-state index in [4.69, 9.17) is 0 Å². The smallest absolute Gasteiger partial charge is 0.270 e. The molecule has 1 aromatic heterocycles. The molecule has 0 atom stereocenters. The van der Waals surface area contributed by atoms with Crippen molar-refractivity contribution in [3.63, 3.8) is 0 Å². The third-order valence-corrected chi connectivity index (χ3v) is 3.50. The molecule has 0 radical (unpaired) electrons. The standard InChI is InChI=1S/C15H24N4O/c1-2-16-14-8-6-7-13(18-14)15(20)17-9-12-19-10-4-3-5-11-19/h6-8H,2-5,9-12H2,1H3,(H,16,18)(H,17,20). The first-order valence-corrected chi connectivity index (χ1v) is 7.51. The number of nitrogens with one attached hydrogen (secondary N) is 2. The van der Waals surface area contributed by atoms with Crippen LogP contribution in [0.1, 0.15) is 36.7 Å². The van der Waals surface area contributed by atoms with Gasteiger partial charge in [-0.2, -0.15) is 0 Å². The summed E-state index contributed by atoms with van der Waals surface area (Å²) in [5, 5.41) is 6.06. The molecule has 1 aliphatic heterocycles. The van der Waals surface area contributed by atoms with E-state index in [2.05, 4.69) is 20.5 Å². The number of carbonyl (C=O) groups excluding carboxylic acids is 1. The lowest BCUT2D eigenvalue weighted by Crippen LogP contribution is -2.37. The second-order valence-corrected chi connectivity index (χ2v) is 5.10. The Balaban J connectivity index is 1.77. The molecule has 0 aliphatic carbocycles. The number of amides is 1. The van der Waals surface area contributed by atoms with Gasteiger partial charge >= 0.3 is 0 Å². The molecule has 0 bridgehead atoms. The molecule has 1 aliphatic rings. The number of piperidine rings is 1. The summed E-state index contributed by atoms with van der Waals surface area (Å²) in [5.41, 5.74) is 0.474. The molecule has 20 heavy (non-hydrogen) atoms. The molecule has 2 rings (SSSR count). The van der Waals surface area contributed by atoms with Crippen LogP contribution in [0.4, 0.5) is 5.82 Å². The van der Waals surface area contributed by atoms with Gasteiger partial charge in [-0.1, -0.05) is 12.5 Å². The zero-order valence-corrected chi connectivity index (χ0v) is 12.2. The number of carbonyl (C=O) groups is 1. The number of anilines is 1. The van der Waals surface area contributed by atoms with Crippen LogP contribution in [-0.4, -0.2) is 48.5 Å². The molecule has 0 aromatic carbocycles. The van der Waals surface area contributed by atoms with Gasteiger partial charge in [-0.3, -0.25) is 4.79 Å². The Kier molecular flexibility index (Phi) is 5.80. The van der Waals surface area contributed by atoms with E-state index < -0.39 is 0 Å². The Hall–Kier alpha value is -1.62. The highest BCUT2D eigenvalue weighted by molar-refractivity contribution is 5.92. The monoisotopic (exact) mass is 276 g/mol. The van der Waals surface area contributed by atoms with Gasteiger partial charge in [0, 0.05) is 19.6 Å². The van der Waals surface area contributed by atoms with Gasteiger partial charge in [0.15, 0.2) is 0 Å². The first-order chi connectivity index (χ1) is 9.79. The van der Waals surface area contributed by atoms with E-state index in [-0.39, 0.29) is 5.91 Å². The van der Waals surface area contributed by atoms with Crippen molar-refractivity contribution in [2.75, 3.05) is 38.0 Å². The molecule has 1 amide bonds. The zero-order valence-electron chi connectivity index (χ0n) is 12.2. The average Bonchev–Trinajstić information content (AvgIpc) is 2.49. The van der Waals surface area contributed by atoms with E-state index in [0.29, 0.717) is 12.2 Å². The van der Waals surface area contributed by atoms with Crippen molar-refractivity contribution in [1.82, 2.24) is 15.2 Å². The Morgan fingerprint density at radius 1 is 1.30 bits per heavy atom. The average molecular weight is 276 g/mol. The largest absolute Gasteiger partial charge is 0.370 e. The summed E-state index contributed by atoms with van der Waals surface area (Å²) in [6.07, 6.45) is 3.89. The maximum atomic E-state index is 12.0. The van der Waals surface area contributed by atoms with E-state index in [0.717, 1.165) is 32.0 Å². The van der Waals surface area contributed by atoms with Gasteiger partial charge in [-0.25, -0.2) is 4.98 Å². The molecule has 110 valence electrons. The number of hydrogen-bond acceptors (Lipinski definition) is 4.